The third kappa shape index (κ3) is 5.01. The monoisotopic (exact) mass is 328 g/mol. The molecule has 6 heteroatoms. The molecule has 0 saturated heterocycles. The molecule has 2 aromatic carbocycles. The van der Waals surface area contributed by atoms with E-state index in [4.69, 9.17) is 9.47 Å². The van der Waals surface area contributed by atoms with Crippen molar-refractivity contribution in [3.05, 3.63) is 59.7 Å². The van der Waals surface area contributed by atoms with Gasteiger partial charge in [-0.25, -0.2) is 9.59 Å². The lowest BCUT2D eigenvalue weighted by molar-refractivity contribution is 0.0526. The van der Waals surface area contributed by atoms with Gasteiger partial charge in [0.1, 0.15) is 5.75 Å². The molecular formula is C18H20N2O4. The number of amides is 2. The van der Waals surface area contributed by atoms with Crippen LogP contribution < -0.4 is 15.4 Å². The van der Waals surface area contributed by atoms with Crippen LogP contribution in [0.15, 0.2) is 48.5 Å². The van der Waals surface area contributed by atoms with Gasteiger partial charge in [-0.05, 0) is 48.9 Å². The molecule has 2 amide bonds. The highest BCUT2D eigenvalue weighted by molar-refractivity contribution is 5.90. The Morgan fingerprint density at radius 1 is 1.00 bits per heavy atom. The number of hydrogen-bond acceptors (Lipinski definition) is 4. The Morgan fingerprint density at radius 2 is 1.67 bits per heavy atom. The first-order chi connectivity index (χ1) is 11.6. The van der Waals surface area contributed by atoms with Crippen molar-refractivity contribution in [2.75, 3.05) is 19.0 Å². The second-order valence-electron chi connectivity index (χ2n) is 4.95. The summed E-state index contributed by atoms with van der Waals surface area (Å²) >= 11 is 0. The number of rotatable bonds is 6. The summed E-state index contributed by atoms with van der Waals surface area (Å²) in [5.74, 6) is 0.372. The zero-order valence-corrected chi connectivity index (χ0v) is 13.7. The Hall–Kier alpha value is -3.02. The van der Waals surface area contributed by atoms with E-state index in [2.05, 4.69) is 10.6 Å². The van der Waals surface area contributed by atoms with Crippen LogP contribution >= 0.6 is 0 Å². The Kier molecular flexibility index (Phi) is 6.19. The summed E-state index contributed by atoms with van der Waals surface area (Å²) < 4.78 is 9.98. The van der Waals surface area contributed by atoms with E-state index in [-0.39, 0.29) is 12.0 Å². The van der Waals surface area contributed by atoms with E-state index in [0.29, 0.717) is 24.4 Å². The molecule has 2 N–H and O–H groups in total. The highest BCUT2D eigenvalue weighted by Crippen LogP contribution is 2.14. The molecule has 0 aliphatic carbocycles. The number of anilines is 1. The van der Waals surface area contributed by atoms with Crippen LogP contribution in [0.25, 0.3) is 0 Å². The molecule has 0 fully saturated rings. The fraction of sp³-hybridized carbons (Fsp3) is 0.222. The molecule has 24 heavy (non-hydrogen) atoms. The number of ether oxygens (including phenoxy) is 2. The van der Waals surface area contributed by atoms with Crippen LogP contribution in [-0.4, -0.2) is 25.7 Å². The number of urea groups is 1. The average molecular weight is 328 g/mol. The Bertz CT molecular complexity index is 681. The standard InChI is InChI=1S/C18H20N2O4/c1-3-24-17(21)14-6-4-13(5-7-14)12-19-18(22)20-15-8-10-16(23-2)11-9-15/h4-11H,3,12H2,1-2H3,(H2,19,20,22). The van der Waals surface area contributed by atoms with Gasteiger partial charge in [-0.3, -0.25) is 0 Å². The number of hydrogen-bond donors (Lipinski definition) is 2. The van der Waals surface area contributed by atoms with Gasteiger partial charge in [-0.2, -0.15) is 0 Å². The summed E-state index contributed by atoms with van der Waals surface area (Å²) in [4.78, 5) is 23.4. The van der Waals surface area contributed by atoms with Crippen molar-refractivity contribution in [2.24, 2.45) is 0 Å². The zero-order chi connectivity index (χ0) is 17.4. The summed E-state index contributed by atoms with van der Waals surface area (Å²) in [5, 5.41) is 5.48. The van der Waals surface area contributed by atoms with Gasteiger partial charge in [-0.15, -0.1) is 0 Å². The topological polar surface area (TPSA) is 76.7 Å². The van der Waals surface area contributed by atoms with Gasteiger partial charge >= 0.3 is 12.0 Å². The molecule has 0 aliphatic heterocycles. The first kappa shape index (κ1) is 17.3. The second kappa shape index (κ2) is 8.57. The smallest absolute Gasteiger partial charge is 0.338 e. The van der Waals surface area contributed by atoms with Crippen molar-refractivity contribution in [3.8, 4) is 5.75 Å². The molecule has 0 aromatic heterocycles. The van der Waals surface area contributed by atoms with E-state index >= 15 is 0 Å². The lowest BCUT2D eigenvalue weighted by atomic mass is 10.1. The summed E-state index contributed by atoms with van der Waals surface area (Å²) in [6.07, 6.45) is 0. The van der Waals surface area contributed by atoms with Crippen molar-refractivity contribution < 1.29 is 19.1 Å². The van der Waals surface area contributed by atoms with E-state index in [1.807, 2.05) is 0 Å². The molecule has 0 unspecified atom stereocenters. The number of methoxy groups -OCH3 is 1. The molecule has 0 radical (unpaired) electrons. The first-order valence-corrected chi connectivity index (χ1v) is 7.57. The summed E-state index contributed by atoms with van der Waals surface area (Å²) in [6, 6.07) is 13.6. The third-order valence-corrected chi connectivity index (χ3v) is 3.27. The number of benzene rings is 2. The molecule has 2 rings (SSSR count). The van der Waals surface area contributed by atoms with Gasteiger partial charge in [0.2, 0.25) is 0 Å². The number of esters is 1. The molecule has 2 aromatic rings. The molecule has 126 valence electrons. The third-order valence-electron chi connectivity index (χ3n) is 3.27. The zero-order valence-electron chi connectivity index (χ0n) is 13.7. The summed E-state index contributed by atoms with van der Waals surface area (Å²) in [6.45, 7) is 2.45. The van der Waals surface area contributed by atoms with Crippen molar-refractivity contribution in [1.29, 1.82) is 0 Å². The number of nitrogens with one attached hydrogen (secondary N) is 2. The van der Waals surface area contributed by atoms with E-state index in [9.17, 15) is 9.59 Å². The van der Waals surface area contributed by atoms with Crippen LogP contribution in [0.1, 0.15) is 22.8 Å². The molecule has 0 spiro atoms. The summed E-state index contributed by atoms with van der Waals surface area (Å²) in [5.41, 5.74) is 2.04. The SMILES string of the molecule is CCOC(=O)c1ccc(CNC(=O)Nc2ccc(OC)cc2)cc1. The molecule has 0 bridgehead atoms. The lowest BCUT2D eigenvalue weighted by Gasteiger charge is -2.09. The maximum Gasteiger partial charge on any atom is 0.338 e. The minimum Gasteiger partial charge on any atom is -0.497 e. The van der Waals surface area contributed by atoms with Crippen LogP contribution in [0.3, 0.4) is 0 Å². The normalized spacial score (nSPS) is 9.92. The predicted octanol–water partition coefficient (Wildman–Crippen LogP) is 3.19. The highest BCUT2D eigenvalue weighted by Gasteiger charge is 2.06. The van der Waals surface area contributed by atoms with Crippen molar-refractivity contribution in [1.82, 2.24) is 5.32 Å². The molecule has 0 saturated carbocycles. The Morgan fingerprint density at radius 3 is 2.25 bits per heavy atom. The van der Waals surface area contributed by atoms with E-state index in [1.54, 1.807) is 62.6 Å². The maximum atomic E-state index is 11.9. The van der Waals surface area contributed by atoms with Crippen molar-refractivity contribution in [2.45, 2.75) is 13.5 Å². The molecule has 6 nitrogen and oxygen atoms in total. The van der Waals surface area contributed by atoms with Gasteiger partial charge in [0.05, 0.1) is 19.3 Å². The van der Waals surface area contributed by atoms with Crippen LogP contribution in [0, 0.1) is 0 Å². The van der Waals surface area contributed by atoms with Gasteiger partial charge in [0.25, 0.3) is 0 Å². The summed E-state index contributed by atoms with van der Waals surface area (Å²) in [7, 11) is 1.59. The lowest BCUT2D eigenvalue weighted by Crippen LogP contribution is -2.28. The van der Waals surface area contributed by atoms with Gasteiger partial charge in [0, 0.05) is 12.2 Å². The molecule has 0 atom stereocenters. The van der Waals surface area contributed by atoms with E-state index < -0.39 is 0 Å². The van der Waals surface area contributed by atoms with Crippen LogP contribution in [0.4, 0.5) is 10.5 Å². The molecule has 0 heterocycles. The maximum absolute atomic E-state index is 11.9. The van der Waals surface area contributed by atoms with Gasteiger partial charge in [0.15, 0.2) is 0 Å². The van der Waals surface area contributed by atoms with Crippen LogP contribution in [0.2, 0.25) is 0 Å². The second-order valence-corrected chi connectivity index (χ2v) is 4.95. The van der Waals surface area contributed by atoms with E-state index in [1.165, 1.54) is 0 Å². The number of carbonyl (C=O) groups excluding carboxylic acids is 2. The van der Waals surface area contributed by atoms with E-state index in [0.717, 1.165) is 11.3 Å². The highest BCUT2D eigenvalue weighted by atomic mass is 16.5. The van der Waals surface area contributed by atoms with Crippen molar-refractivity contribution in [3.63, 3.8) is 0 Å². The Labute approximate surface area is 140 Å². The fourth-order valence-electron chi connectivity index (χ4n) is 2.01. The number of carbonyl (C=O) groups is 2. The van der Waals surface area contributed by atoms with Crippen LogP contribution in [0.5, 0.6) is 5.75 Å². The van der Waals surface area contributed by atoms with Crippen LogP contribution in [-0.2, 0) is 11.3 Å². The first-order valence-electron chi connectivity index (χ1n) is 7.57. The molecular weight excluding hydrogens is 308 g/mol. The average Bonchev–Trinajstić information content (AvgIpc) is 2.61. The minimum atomic E-state index is -0.353. The predicted molar refractivity (Wildman–Crippen MR) is 91.3 cm³/mol. The van der Waals surface area contributed by atoms with Gasteiger partial charge < -0.3 is 20.1 Å². The minimum absolute atomic E-state index is 0.311. The van der Waals surface area contributed by atoms with Gasteiger partial charge in [-0.1, -0.05) is 12.1 Å². The quantitative estimate of drug-likeness (QED) is 0.799. The van der Waals surface area contributed by atoms with Crippen molar-refractivity contribution >= 4 is 17.7 Å². The Balaban J connectivity index is 1.83. The fourth-order valence-corrected chi connectivity index (χ4v) is 2.01. The largest absolute Gasteiger partial charge is 0.497 e. The molecule has 0 aliphatic rings.